The number of fused-ring (bicyclic) bond motifs is 1. The fourth-order valence-corrected chi connectivity index (χ4v) is 5.99. The number of carbonyl (C=O) groups is 2. The molecule has 1 aromatic heterocycles. The first kappa shape index (κ1) is 24.5. The molecule has 36 heavy (non-hydrogen) atoms. The van der Waals surface area contributed by atoms with Gasteiger partial charge >= 0.3 is 6.03 Å². The van der Waals surface area contributed by atoms with Crippen LogP contribution in [0.1, 0.15) is 34.0 Å². The number of nitrogens with zero attached hydrogens (tertiary/aromatic N) is 3. The number of amides is 3. The van der Waals surface area contributed by atoms with E-state index in [1.165, 1.54) is 16.5 Å². The van der Waals surface area contributed by atoms with Gasteiger partial charge in [-0.25, -0.2) is 9.18 Å². The second kappa shape index (κ2) is 10.8. The van der Waals surface area contributed by atoms with Gasteiger partial charge in [-0.05, 0) is 66.6 Å². The fraction of sp³-hybridized carbons (Fsp3) is 0.357. The Morgan fingerprint density at radius 1 is 1.00 bits per heavy atom. The SMILES string of the molecule is Cc1ccc(NC(=O)N2CCCN(C(=O)CN3CCc4sccc4[C@H]3c3cccc(F)c3)CC2)cc1. The summed E-state index contributed by atoms with van der Waals surface area (Å²) in [6.07, 6.45) is 1.62. The number of anilines is 1. The standard InChI is InChI=1S/C28H31FN4O2S/c1-20-6-8-23(9-7-20)30-28(35)32-13-3-12-31(15-16-32)26(34)19-33-14-10-25-24(11-17-36-25)27(33)21-4-2-5-22(29)18-21/h2,4-9,11,17-18,27H,3,10,12-16,19H2,1H3,(H,30,35)/t27-/m1/s1. The summed E-state index contributed by atoms with van der Waals surface area (Å²) < 4.78 is 14.1. The Morgan fingerprint density at radius 3 is 2.58 bits per heavy atom. The summed E-state index contributed by atoms with van der Waals surface area (Å²) in [4.78, 5) is 33.3. The lowest BCUT2D eigenvalue weighted by Crippen LogP contribution is -2.45. The first-order chi connectivity index (χ1) is 17.5. The first-order valence-electron chi connectivity index (χ1n) is 12.4. The predicted octanol–water partition coefficient (Wildman–Crippen LogP) is 4.91. The number of carbonyl (C=O) groups excluding carboxylic acids is 2. The van der Waals surface area contributed by atoms with Gasteiger partial charge < -0.3 is 15.1 Å². The highest BCUT2D eigenvalue weighted by molar-refractivity contribution is 7.10. The molecule has 3 aromatic rings. The molecule has 5 rings (SSSR count). The predicted molar refractivity (Wildman–Crippen MR) is 141 cm³/mol. The second-order valence-corrected chi connectivity index (χ2v) is 10.5. The van der Waals surface area contributed by atoms with Crippen LogP contribution >= 0.6 is 11.3 Å². The Labute approximate surface area is 215 Å². The van der Waals surface area contributed by atoms with Gasteiger partial charge in [0.05, 0.1) is 12.6 Å². The number of benzene rings is 2. The Hall–Kier alpha value is -3.23. The average Bonchev–Trinajstić information content (AvgIpc) is 3.20. The molecular formula is C28H31FN4O2S. The number of rotatable bonds is 4. The van der Waals surface area contributed by atoms with Crippen molar-refractivity contribution in [2.45, 2.75) is 25.8 Å². The van der Waals surface area contributed by atoms with Crippen LogP contribution in [0.4, 0.5) is 14.9 Å². The van der Waals surface area contributed by atoms with Gasteiger partial charge in [0.2, 0.25) is 5.91 Å². The molecular weight excluding hydrogens is 475 g/mol. The van der Waals surface area contributed by atoms with Crippen LogP contribution in [0.3, 0.4) is 0 Å². The van der Waals surface area contributed by atoms with E-state index in [2.05, 4.69) is 21.7 Å². The topological polar surface area (TPSA) is 55.9 Å². The van der Waals surface area contributed by atoms with Crippen LogP contribution in [0, 0.1) is 12.7 Å². The van der Waals surface area contributed by atoms with Crippen LogP contribution in [0.25, 0.3) is 0 Å². The molecule has 3 amide bonds. The molecule has 8 heteroatoms. The minimum Gasteiger partial charge on any atom is -0.340 e. The molecule has 2 aromatic carbocycles. The van der Waals surface area contributed by atoms with E-state index in [9.17, 15) is 14.0 Å². The molecule has 0 spiro atoms. The fourth-order valence-electron chi connectivity index (χ4n) is 5.09. The third-order valence-electron chi connectivity index (χ3n) is 7.01. The van der Waals surface area contributed by atoms with Gasteiger partial charge in [-0.15, -0.1) is 11.3 Å². The van der Waals surface area contributed by atoms with Crippen molar-refractivity contribution in [2.75, 3.05) is 44.6 Å². The number of hydrogen-bond acceptors (Lipinski definition) is 4. The van der Waals surface area contributed by atoms with Gasteiger partial charge in [-0.3, -0.25) is 9.69 Å². The molecule has 3 heterocycles. The van der Waals surface area contributed by atoms with Crippen molar-refractivity contribution < 1.29 is 14.0 Å². The number of urea groups is 1. The summed E-state index contributed by atoms with van der Waals surface area (Å²) in [5.41, 5.74) is 3.95. The van der Waals surface area contributed by atoms with E-state index in [1.807, 2.05) is 42.2 Å². The normalized spacial score (nSPS) is 18.4. The molecule has 6 nitrogen and oxygen atoms in total. The molecule has 2 aliphatic heterocycles. The molecule has 0 unspecified atom stereocenters. The number of thiophene rings is 1. The van der Waals surface area contributed by atoms with Crippen molar-refractivity contribution >= 4 is 29.0 Å². The maximum atomic E-state index is 14.1. The monoisotopic (exact) mass is 506 g/mol. The minimum absolute atomic E-state index is 0.0517. The summed E-state index contributed by atoms with van der Waals surface area (Å²) in [5, 5.41) is 5.03. The van der Waals surface area contributed by atoms with Gasteiger partial charge in [-0.1, -0.05) is 29.8 Å². The van der Waals surface area contributed by atoms with Gasteiger partial charge in [0, 0.05) is 43.3 Å². The summed E-state index contributed by atoms with van der Waals surface area (Å²) in [7, 11) is 0. The molecule has 0 bridgehead atoms. The number of halogens is 1. The van der Waals surface area contributed by atoms with Crippen molar-refractivity contribution in [3.8, 4) is 0 Å². The first-order valence-corrected chi connectivity index (χ1v) is 13.3. The maximum absolute atomic E-state index is 14.1. The van der Waals surface area contributed by atoms with Crippen LogP contribution < -0.4 is 5.32 Å². The molecule has 188 valence electrons. The Kier molecular flexibility index (Phi) is 7.34. The van der Waals surface area contributed by atoms with E-state index in [1.54, 1.807) is 28.4 Å². The van der Waals surface area contributed by atoms with Gasteiger partial charge in [0.25, 0.3) is 0 Å². The number of aryl methyl sites for hydroxylation is 1. The second-order valence-electron chi connectivity index (χ2n) is 9.49. The highest BCUT2D eigenvalue weighted by Crippen LogP contribution is 2.37. The van der Waals surface area contributed by atoms with Crippen LogP contribution in [0.15, 0.2) is 60.0 Å². The van der Waals surface area contributed by atoms with Crippen LogP contribution in [0.2, 0.25) is 0 Å². The van der Waals surface area contributed by atoms with E-state index in [0.717, 1.165) is 36.2 Å². The molecule has 2 aliphatic rings. The minimum atomic E-state index is -0.266. The van der Waals surface area contributed by atoms with Crippen LogP contribution in [0.5, 0.6) is 0 Å². The van der Waals surface area contributed by atoms with Crippen molar-refractivity contribution in [3.05, 3.63) is 87.4 Å². The maximum Gasteiger partial charge on any atom is 0.321 e. The van der Waals surface area contributed by atoms with Crippen LogP contribution in [-0.4, -0.2) is 65.9 Å². The largest absolute Gasteiger partial charge is 0.340 e. The summed E-state index contributed by atoms with van der Waals surface area (Å²) in [5.74, 6) is -0.214. The van der Waals surface area contributed by atoms with Crippen molar-refractivity contribution in [2.24, 2.45) is 0 Å². The van der Waals surface area contributed by atoms with Crippen molar-refractivity contribution in [1.82, 2.24) is 14.7 Å². The number of nitrogens with one attached hydrogen (secondary N) is 1. The number of hydrogen-bond donors (Lipinski definition) is 1. The van der Waals surface area contributed by atoms with Gasteiger partial charge in [-0.2, -0.15) is 0 Å². The van der Waals surface area contributed by atoms with Gasteiger partial charge in [0.15, 0.2) is 0 Å². The highest BCUT2D eigenvalue weighted by Gasteiger charge is 2.32. The lowest BCUT2D eigenvalue weighted by Gasteiger charge is -2.37. The summed E-state index contributed by atoms with van der Waals surface area (Å²) in [6.45, 7) is 5.25. The molecule has 1 atom stereocenters. The van der Waals surface area contributed by atoms with Crippen molar-refractivity contribution in [3.63, 3.8) is 0 Å². The lowest BCUT2D eigenvalue weighted by atomic mass is 9.93. The zero-order valence-corrected chi connectivity index (χ0v) is 21.3. The summed E-state index contributed by atoms with van der Waals surface area (Å²) >= 11 is 1.72. The van der Waals surface area contributed by atoms with E-state index < -0.39 is 0 Å². The Balaban J connectivity index is 1.23. The summed E-state index contributed by atoms with van der Waals surface area (Å²) in [6, 6.07) is 16.3. The molecule has 0 aliphatic carbocycles. The van der Waals surface area contributed by atoms with Crippen molar-refractivity contribution in [1.29, 1.82) is 0 Å². The highest BCUT2D eigenvalue weighted by atomic mass is 32.1. The average molecular weight is 507 g/mol. The zero-order chi connectivity index (χ0) is 25.1. The third kappa shape index (κ3) is 5.44. The molecule has 0 saturated carbocycles. The third-order valence-corrected chi connectivity index (χ3v) is 8.00. The molecule has 1 saturated heterocycles. The van der Waals surface area contributed by atoms with E-state index in [0.29, 0.717) is 26.2 Å². The Bertz CT molecular complexity index is 1230. The quantitative estimate of drug-likeness (QED) is 0.547. The van der Waals surface area contributed by atoms with Crippen LogP contribution in [-0.2, 0) is 11.2 Å². The smallest absolute Gasteiger partial charge is 0.321 e. The zero-order valence-electron chi connectivity index (χ0n) is 20.5. The lowest BCUT2D eigenvalue weighted by molar-refractivity contribution is -0.132. The molecule has 1 N–H and O–H groups in total. The van der Waals surface area contributed by atoms with E-state index in [-0.39, 0.29) is 30.3 Å². The van der Waals surface area contributed by atoms with E-state index >= 15 is 0 Å². The van der Waals surface area contributed by atoms with Gasteiger partial charge in [0.1, 0.15) is 5.82 Å². The Morgan fingerprint density at radius 2 is 1.78 bits per heavy atom. The molecule has 0 radical (unpaired) electrons. The molecule has 1 fully saturated rings. The van der Waals surface area contributed by atoms with E-state index in [4.69, 9.17) is 0 Å².